The number of nitrogens with zero attached hydrogens (tertiary/aromatic N) is 1. The molecular weight excluding hydrogens is 150 g/mol. The number of likely N-dealkylation sites (tertiary alicyclic amines) is 1. The molecule has 1 saturated heterocycles. The smallest absolute Gasteiger partial charge is 0.0813 e. The van der Waals surface area contributed by atoms with Gasteiger partial charge in [-0.1, -0.05) is 26.7 Å². The van der Waals surface area contributed by atoms with E-state index in [4.69, 9.17) is 0 Å². The molecule has 0 spiro atoms. The van der Waals surface area contributed by atoms with Crippen LogP contribution in [0, 0.1) is 5.92 Å². The Hall–Kier alpha value is -0.0800. The molecule has 0 radical (unpaired) electrons. The molecule has 1 aliphatic rings. The molecule has 1 unspecified atom stereocenters. The van der Waals surface area contributed by atoms with Gasteiger partial charge >= 0.3 is 0 Å². The van der Waals surface area contributed by atoms with Crippen molar-refractivity contribution < 1.29 is 5.11 Å². The fraction of sp³-hybridized carbons (Fsp3) is 1.00. The molecule has 0 aliphatic carbocycles. The fourth-order valence-electron chi connectivity index (χ4n) is 2.39. The lowest BCUT2D eigenvalue weighted by Gasteiger charge is -2.31. The van der Waals surface area contributed by atoms with Crippen molar-refractivity contribution in [2.75, 3.05) is 20.1 Å². The van der Waals surface area contributed by atoms with Gasteiger partial charge in [-0.25, -0.2) is 0 Å². The van der Waals surface area contributed by atoms with Crippen molar-refractivity contribution in [3.63, 3.8) is 0 Å². The number of β-amino-alcohol motifs (C(OH)–C–C–N with tert-alkyl or cyclic N) is 1. The fourth-order valence-corrected chi connectivity index (χ4v) is 2.39. The monoisotopic (exact) mass is 171 g/mol. The minimum Gasteiger partial charge on any atom is -0.388 e. The SMILES string of the molecule is CCC(CC)C1(O)CCN(C)C1. The van der Waals surface area contributed by atoms with Gasteiger partial charge in [0.05, 0.1) is 5.60 Å². The Morgan fingerprint density at radius 1 is 1.42 bits per heavy atom. The van der Waals surface area contributed by atoms with E-state index in [-0.39, 0.29) is 0 Å². The van der Waals surface area contributed by atoms with Crippen LogP contribution in [-0.2, 0) is 0 Å². The highest BCUT2D eigenvalue weighted by Crippen LogP contribution is 2.32. The van der Waals surface area contributed by atoms with Crippen LogP contribution in [0.2, 0.25) is 0 Å². The predicted molar refractivity (Wildman–Crippen MR) is 51.1 cm³/mol. The number of hydrogen-bond donors (Lipinski definition) is 1. The normalized spacial score (nSPS) is 31.8. The predicted octanol–water partition coefficient (Wildman–Crippen LogP) is 1.49. The van der Waals surface area contributed by atoms with Crippen LogP contribution in [0.1, 0.15) is 33.1 Å². The summed E-state index contributed by atoms with van der Waals surface area (Å²) in [6, 6.07) is 0. The summed E-state index contributed by atoms with van der Waals surface area (Å²) >= 11 is 0. The van der Waals surface area contributed by atoms with Crippen molar-refractivity contribution in [1.29, 1.82) is 0 Å². The van der Waals surface area contributed by atoms with E-state index in [1.165, 1.54) is 0 Å². The molecule has 1 N–H and O–H groups in total. The highest BCUT2D eigenvalue weighted by atomic mass is 16.3. The highest BCUT2D eigenvalue weighted by molar-refractivity contribution is 4.93. The first-order valence-electron chi connectivity index (χ1n) is 5.03. The first-order chi connectivity index (χ1) is 5.62. The van der Waals surface area contributed by atoms with Gasteiger partial charge in [0.1, 0.15) is 0 Å². The van der Waals surface area contributed by atoms with Gasteiger partial charge in [-0.05, 0) is 19.4 Å². The minimum absolute atomic E-state index is 0.391. The molecule has 2 nitrogen and oxygen atoms in total. The summed E-state index contributed by atoms with van der Waals surface area (Å²) in [5, 5.41) is 10.3. The summed E-state index contributed by atoms with van der Waals surface area (Å²) in [6.07, 6.45) is 3.15. The van der Waals surface area contributed by atoms with Gasteiger partial charge in [0.25, 0.3) is 0 Å². The van der Waals surface area contributed by atoms with Crippen LogP contribution < -0.4 is 0 Å². The van der Waals surface area contributed by atoms with E-state index < -0.39 is 5.60 Å². The van der Waals surface area contributed by atoms with Crippen LogP contribution in [0.25, 0.3) is 0 Å². The number of hydrogen-bond acceptors (Lipinski definition) is 2. The van der Waals surface area contributed by atoms with Crippen molar-refractivity contribution in [3.8, 4) is 0 Å². The van der Waals surface area contributed by atoms with Gasteiger partial charge in [-0.2, -0.15) is 0 Å². The van der Waals surface area contributed by atoms with E-state index in [9.17, 15) is 5.11 Å². The zero-order valence-electron chi connectivity index (χ0n) is 8.51. The van der Waals surface area contributed by atoms with Crippen molar-refractivity contribution in [2.24, 2.45) is 5.92 Å². The summed E-state index contributed by atoms with van der Waals surface area (Å²) in [5.41, 5.74) is -0.391. The van der Waals surface area contributed by atoms with Crippen LogP contribution in [0.15, 0.2) is 0 Å². The topological polar surface area (TPSA) is 23.5 Å². The molecule has 1 heterocycles. The quantitative estimate of drug-likeness (QED) is 0.695. The minimum atomic E-state index is -0.391. The molecule has 0 saturated carbocycles. The molecule has 1 atom stereocenters. The summed E-state index contributed by atoms with van der Waals surface area (Å²) in [6.45, 7) is 6.25. The van der Waals surface area contributed by atoms with Crippen LogP contribution >= 0.6 is 0 Å². The molecule has 0 aromatic rings. The third-order valence-corrected chi connectivity index (χ3v) is 3.22. The maximum Gasteiger partial charge on any atom is 0.0813 e. The molecule has 1 rings (SSSR count). The Kier molecular flexibility index (Phi) is 3.13. The second-order valence-electron chi connectivity index (χ2n) is 4.10. The van der Waals surface area contributed by atoms with E-state index in [1.807, 2.05) is 0 Å². The molecular formula is C10H21NO. The summed E-state index contributed by atoms with van der Waals surface area (Å²) < 4.78 is 0. The second-order valence-corrected chi connectivity index (χ2v) is 4.10. The average Bonchev–Trinajstić information content (AvgIpc) is 2.34. The van der Waals surface area contributed by atoms with Crippen molar-refractivity contribution in [2.45, 2.75) is 38.7 Å². The summed E-state index contributed by atoms with van der Waals surface area (Å²) in [4.78, 5) is 2.22. The zero-order chi connectivity index (χ0) is 9.19. The van der Waals surface area contributed by atoms with Gasteiger partial charge in [-0.3, -0.25) is 0 Å². The van der Waals surface area contributed by atoms with Crippen LogP contribution in [0.3, 0.4) is 0 Å². The molecule has 12 heavy (non-hydrogen) atoms. The maximum absolute atomic E-state index is 10.3. The average molecular weight is 171 g/mol. The molecule has 1 fully saturated rings. The Labute approximate surface area is 75.6 Å². The first-order valence-corrected chi connectivity index (χ1v) is 5.03. The third kappa shape index (κ3) is 1.80. The number of rotatable bonds is 3. The van der Waals surface area contributed by atoms with E-state index >= 15 is 0 Å². The summed E-state index contributed by atoms with van der Waals surface area (Å²) in [7, 11) is 2.08. The van der Waals surface area contributed by atoms with Crippen molar-refractivity contribution in [3.05, 3.63) is 0 Å². The van der Waals surface area contributed by atoms with Gasteiger partial charge in [0.2, 0.25) is 0 Å². The Balaban J connectivity index is 2.58. The Bertz CT molecular complexity index is 145. The second kappa shape index (κ2) is 3.75. The van der Waals surface area contributed by atoms with Crippen molar-refractivity contribution >= 4 is 0 Å². The zero-order valence-corrected chi connectivity index (χ0v) is 8.51. The Morgan fingerprint density at radius 3 is 2.33 bits per heavy atom. The van der Waals surface area contributed by atoms with E-state index in [2.05, 4.69) is 25.8 Å². The largest absolute Gasteiger partial charge is 0.388 e. The van der Waals surface area contributed by atoms with Crippen molar-refractivity contribution in [1.82, 2.24) is 4.90 Å². The molecule has 0 aromatic heterocycles. The van der Waals surface area contributed by atoms with Gasteiger partial charge < -0.3 is 10.0 Å². The molecule has 1 aliphatic heterocycles. The lowest BCUT2D eigenvalue weighted by Crippen LogP contribution is -2.39. The Morgan fingerprint density at radius 2 is 2.00 bits per heavy atom. The number of aliphatic hydroxyl groups is 1. The van der Waals surface area contributed by atoms with Crippen LogP contribution in [0.5, 0.6) is 0 Å². The van der Waals surface area contributed by atoms with E-state index in [1.54, 1.807) is 0 Å². The molecule has 72 valence electrons. The summed E-state index contributed by atoms with van der Waals surface area (Å²) in [5.74, 6) is 0.488. The molecule has 2 heteroatoms. The number of likely N-dealkylation sites (N-methyl/N-ethyl adjacent to an activating group) is 1. The van der Waals surface area contributed by atoms with E-state index in [0.717, 1.165) is 32.4 Å². The maximum atomic E-state index is 10.3. The van der Waals surface area contributed by atoms with Crippen LogP contribution in [-0.4, -0.2) is 35.7 Å². The van der Waals surface area contributed by atoms with Crippen LogP contribution in [0.4, 0.5) is 0 Å². The third-order valence-electron chi connectivity index (χ3n) is 3.22. The molecule has 0 aromatic carbocycles. The molecule has 0 amide bonds. The van der Waals surface area contributed by atoms with E-state index in [0.29, 0.717) is 5.92 Å². The van der Waals surface area contributed by atoms with Gasteiger partial charge in [0.15, 0.2) is 0 Å². The standard InChI is InChI=1S/C10H21NO/c1-4-9(5-2)10(12)6-7-11(3)8-10/h9,12H,4-8H2,1-3H3. The van der Waals surface area contributed by atoms with Gasteiger partial charge in [0, 0.05) is 13.1 Å². The lowest BCUT2D eigenvalue weighted by atomic mass is 9.83. The first kappa shape index (κ1) is 10.0. The van der Waals surface area contributed by atoms with Gasteiger partial charge in [-0.15, -0.1) is 0 Å². The molecule has 0 bridgehead atoms. The lowest BCUT2D eigenvalue weighted by molar-refractivity contribution is -0.0105. The highest BCUT2D eigenvalue weighted by Gasteiger charge is 2.39.